The highest BCUT2D eigenvalue weighted by Crippen LogP contribution is 2.17. The first-order valence-corrected chi connectivity index (χ1v) is 4.33. The molecule has 0 saturated heterocycles. The molecule has 0 saturated carbocycles. The second-order valence-corrected chi connectivity index (χ2v) is 3.39. The van der Waals surface area contributed by atoms with Gasteiger partial charge in [0, 0.05) is 11.6 Å². The van der Waals surface area contributed by atoms with E-state index in [0.29, 0.717) is 5.92 Å². The monoisotopic (exact) mass is 173 g/mol. The van der Waals surface area contributed by atoms with E-state index in [9.17, 15) is 0 Å². The molecule has 0 spiro atoms. The van der Waals surface area contributed by atoms with Crippen LogP contribution < -0.4 is 0 Å². The zero-order chi connectivity index (χ0) is 9.26. The van der Waals surface area contributed by atoms with E-state index < -0.39 is 0 Å². The van der Waals surface area contributed by atoms with Crippen LogP contribution in [0.4, 0.5) is 0 Å². The Hall–Kier alpha value is -1.51. The van der Waals surface area contributed by atoms with Gasteiger partial charge in [-0.05, 0) is 17.5 Å². The summed E-state index contributed by atoms with van der Waals surface area (Å²) >= 11 is 0. The molecule has 0 aromatic carbocycles. The zero-order valence-electron chi connectivity index (χ0n) is 7.73. The van der Waals surface area contributed by atoms with E-state index >= 15 is 0 Å². The van der Waals surface area contributed by atoms with Crippen LogP contribution in [0.3, 0.4) is 0 Å². The highest BCUT2D eigenvalue weighted by Gasteiger charge is 2.01. The average Bonchev–Trinajstić information content (AvgIpc) is 2.17. The summed E-state index contributed by atoms with van der Waals surface area (Å²) in [6.45, 7) is 4.30. The van der Waals surface area contributed by atoms with E-state index in [2.05, 4.69) is 35.1 Å². The molecule has 0 aliphatic carbocycles. The summed E-state index contributed by atoms with van der Waals surface area (Å²) in [4.78, 5) is 4.30. The normalized spacial score (nSPS) is 11.0. The van der Waals surface area contributed by atoms with Gasteiger partial charge in [0.2, 0.25) is 0 Å². The highest BCUT2D eigenvalue weighted by molar-refractivity contribution is 5.76. The molecule has 0 fully saturated rings. The first-order chi connectivity index (χ1) is 6.27. The highest BCUT2D eigenvalue weighted by atomic mass is 15.1. The van der Waals surface area contributed by atoms with Crippen molar-refractivity contribution in [1.29, 1.82) is 0 Å². The van der Waals surface area contributed by atoms with Crippen molar-refractivity contribution in [3.05, 3.63) is 30.2 Å². The Morgan fingerprint density at radius 1 is 1.08 bits per heavy atom. The Morgan fingerprint density at radius 3 is 2.62 bits per heavy atom. The van der Waals surface area contributed by atoms with Crippen molar-refractivity contribution in [3.8, 4) is 0 Å². The molecule has 0 amide bonds. The topological polar surface area (TPSA) is 38.7 Å². The van der Waals surface area contributed by atoms with Crippen molar-refractivity contribution in [2.75, 3.05) is 0 Å². The third-order valence-corrected chi connectivity index (χ3v) is 2.08. The number of rotatable bonds is 1. The fourth-order valence-electron chi connectivity index (χ4n) is 1.22. The molecule has 13 heavy (non-hydrogen) atoms. The number of pyridine rings is 1. The van der Waals surface area contributed by atoms with Gasteiger partial charge in [-0.15, -0.1) is 0 Å². The van der Waals surface area contributed by atoms with Crippen LogP contribution in [0.2, 0.25) is 0 Å². The molecular weight excluding hydrogens is 162 g/mol. The number of nitrogens with zero attached hydrogens (tertiary/aromatic N) is 3. The van der Waals surface area contributed by atoms with E-state index in [-0.39, 0.29) is 0 Å². The standard InChI is InChI=1S/C10H11N3/c1-7(2)8-3-9-5-12-13-6-10(9)11-4-8/h3-7H,1-2H3. The van der Waals surface area contributed by atoms with Gasteiger partial charge in [0.05, 0.1) is 17.9 Å². The first-order valence-electron chi connectivity index (χ1n) is 4.33. The second kappa shape index (κ2) is 3.09. The molecule has 0 bridgehead atoms. The molecular formula is C10H11N3. The molecule has 0 radical (unpaired) electrons. The van der Waals surface area contributed by atoms with Crippen LogP contribution in [0.25, 0.3) is 10.9 Å². The van der Waals surface area contributed by atoms with Crippen LogP contribution in [0, 0.1) is 0 Å². The molecule has 2 heterocycles. The SMILES string of the molecule is CC(C)c1cnc2cnncc2c1. The summed E-state index contributed by atoms with van der Waals surface area (Å²) in [5, 5.41) is 8.65. The van der Waals surface area contributed by atoms with Crippen molar-refractivity contribution in [2.45, 2.75) is 19.8 Å². The largest absolute Gasteiger partial charge is 0.254 e. The molecule has 0 aliphatic heterocycles. The van der Waals surface area contributed by atoms with Gasteiger partial charge in [0.1, 0.15) is 0 Å². The second-order valence-electron chi connectivity index (χ2n) is 3.39. The predicted molar refractivity (Wildman–Crippen MR) is 51.4 cm³/mol. The van der Waals surface area contributed by atoms with Crippen LogP contribution in [-0.4, -0.2) is 15.2 Å². The van der Waals surface area contributed by atoms with E-state index in [1.807, 2.05) is 6.20 Å². The molecule has 66 valence electrons. The molecule has 2 aromatic rings. The Labute approximate surface area is 76.8 Å². The summed E-state index contributed by atoms with van der Waals surface area (Å²) in [7, 11) is 0. The van der Waals surface area contributed by atoms with E-state index in [0.717, 1.165) is 10.9 Å². The minimum Gasteiger partial charge on any atom is -0.254 e. The maximum Gasteiger partial charge on any atom is 0.0919 e. The Kier molecular flexibility index (Phi) is 1.93. The average molecular weight is 173 g/mol. The van der Waals surface area contributed by atoms with Gasteiger partial charge in [-0.1, -0.05) is 13.8 Å². The van der Waals surface area contributed by atoms with Crippen molar-refractivity contribution >= 4 is 10.9 Å². The van der Waals surface area contributed by atoms with Gasteiger partial charge in [0.25, 0.3) is 0 Å². The van der Waals surface area contributed by atoms with Crippen molar-refractivity contribution in [3.63, 3.8) is 0 Å². The Bertz CT molecular complexity index is 423. The molecule has 3 nitrogen and oxygen atoms in total. The van der Waals surface area contributed by atoms with E-state index in [4.69, 9.17) is 0 Å². The fourth-order valence-corrected chi connectivity index (χ4v) is 1.22. The lowest BCUT2D eigenvalue weighted by Gasteiger charge is -2.04. The maximum atomic E-state index is 4.30. The van der Waals surface area contributed by atoms with Crippen LogP contribution in [0.15, 0.2) is 24.7 Å². The molecule has 0 unspecified atom stereocenters. The van der Waals surface area contributed by atoms with Crippen LogP contribution >= 0.6 is 0 Å². The quantitative estimate of drug-likeness (QED) is 0.663. The van der Waals surface area contributed by atoms with Crippen LogP contribution in [-0.2, 0) is 0 Å². The smallest absolute Gasteiger partial charge is 0.0919 e. The number of hydrogen-bond donors (Lipinski definition) is 0. The molecule has 0 aliphatic rings. The van der Waals surface area contributed by atoms with Gasteiger partial charge in [-0.2, -0.15) is 10.2 Å². The predicted octanol–water partition coefficient (Wildman–Crippen LogP) is 2.15. The third-order valence-electron chi connectivity index (χ3n) is 2.08. The van der Waals surface area contributed by atoms with Gasteiger partial charge in [-0.3, -0.25) is 4.98 Å². The van der Waals surface area contributed by atoms with Gasteiger partial charge >= 0.3 is 0 Å². The zero-order valence-corrected chi connectivity index (χ0v) is 7.73. The third kappa shape index (κ3) is 1.49. The summed E-state index contributed by atoms with van der Waals surface area (Å²) in [5.74, 6) is 0.505. The summed E-state index contributed by atoms with van der Waals surface area (Å²) < 4.78 is 0. The summed E-state index contributed by atoms with van der Waals surface area (Å²) in [6.07, 6.45) is 5.32. The lowest BCUT2D eigenvalue weighted by Crippen LogP contribution is -1.90. The molecule has 0 atom stereocenters. The fraction of sp³-hybridized carbons (Fsp3) is 0.300. The lowest BCUT2D eigenvalue weighted by molar-refractivity contribution is 0.861. The van der Waals surface area contributed by atoms with E-state index in [1.165, 1.54) is 5.56 Å². The van der Waals surface area contributed by atoms with Gasteiger partial charge in [0.15, 0.2) is 0 Å². The van der Waals surface area contributed by atoms with Crippen LogP contribution in [0.5, 0.6) is 0 Å². The molecule has 2 rings (SSSR count). The minimum atomic E-state index is 0.505. The van der Waals surface area contributed by atoms with Crippen LogP contribution in [0.1, 0.15) is 25.3 Å². The van der Waals surface area contributed by atoms with E-state index in [1.54, 1.807) is 12.4 Å². The molecule has 0 N–H and O–H groups in total. The Balaban J connectivity index is 2.62. The van der Waals surface area contributed by atoms with Crippen molar-refractivity contribution in [2.24, 2.45) is 0 Å². The van der Waals surface area contributed by atoms with Crippen molar-refractivity contribution < 1.29 is 0 Å². The summed E-state index contributed by atoms with van der Waals surface area (Å²) in [5.41, 5.74) is 2.14. The lowest BCUT2D eigenvalue weighted by atomic mass is 10.0. The number of fused-ring (bicyclic) bond motifs is 1. The number of hydrogen-bond acceptors (Lipinski definition) is 3. The Morgan fingerprint density at radius 2 is 1.85 bits per heavy atom. The maximum absolute atomic E-state index is 4.30. The minimum absolute atomic E-state index is 0.505. The van der Waals surface area contributed by atoms with Crippen molar-refractivity contribution in [1.82, 2.24) is 15.2 Å². The summed E-state index contributed by atoms with van der Waals surface area (Å²) in [6, 6.07) is 2.11. The first kappa shape index (κ1) is 8.10. The molecule has 2 aromatic heterocycles. The van der Waals surface area contributed by atoms with Gasteiger partial charge in [-0.25, -0.2) is 0 Å². The van der Waals surface area contributed by atoms with Gasteiger partial charge < -0.3 is 0 Å². The number of aromatic nitrogens is 3. The molecule has 3 heteroatoms.